The molecule has 144 valence electrons. The van der Waals surface area contributed by atoms with E-state index >= 15 is 0 Å². The molecule has 0 saturated carbocycles. The van der Waals surface area contributed by atoms with E-state index in [1.165, 1.54) is 22.9 Å². The van der Waals surface area contributed by atoms with Gasteiger partial charge < -0.3 is 14.2 Å². The van der Waals surface area contributed by atoms with Crippen LogP contribution in [-0.2, 0) is 32.2 Å². The van der Waals surface area contributed by atoms with E-state index < -0.39 is 11.5 Å². The molecule has 2 aromatic carbocycles. The number of ketones is 1. The molecule has 1 aliphatic rings. The third kappa shape index (κ3) is 5.42. The van der Waals surface area contributed by atoms with Gasteiger partial charge >= 0.3 is 0 Å². The fourth-order valence-electron chi connectivity index (χ4n) is 2.95. The van der Waals surface area contributed by atoms with Crippen molar-refractivity contribution >= 4 is 17.5 Å². The van der Waals surface area contributed by atoms with Gasteiger partial charge in [-0.15, -0.1) is 11.8 Å². The minimum Gasteiger partial charge on any atom is -0.376 e. The van der Waals surface area contributed by atoms with Gasteiger partial charge in [0.15, 0.2) is 5.44 Å². The number of Topliss-reactive ketones (excluding diaryl/α,β-unsaturated/α-hetero) is 1. The highest BCUT2D eigenvalue weighted by Gasteiger charge is 2.44. The minimum absolute atomic E-state index is 0.0152. The first-order valence-corrected chi connectivity index (χ1v) is 10.0. The number of ether oxygens (including phenoxy) is 3. The Bertz CT molecular complexity index is 742. The summed E-state index contributed by atoms with van der Waals surface area (Å²) in [4.78, 5) is 12.6. The normalized spacial score (nSPS) is 22.3. The van der Waals surface area contributed by atoms with E-state index in [4.69, 9.17) is 14.2 Å². The fraction of sp³-hybridized carbons (Fsp3) is 0.409. The number of aryl methyl sites for hydroxylation is 2. The summed E-state index contributed by atoms with van der Waals surface area (Å²) in [6, 6.07) is 16.4. The lowest BCUT2D eigenvalue weighted by atomic mass is 10.1. The molecule has 5 heteroatoms. The van der Waals surface area contributed by atoms with Gasteiger partial charge in [-0.1, -0.05) is 59.7 Å². The van der Waals surface area contributed by atoms with Crippen LogP contribution in [0.4, 0.5) is 0 Å². The van der Waals surface area contributed by atoms with Crippen LogP contribution in [0.15, 0.2) is 48.5 Å². The van der Waals surface area contributed by atoms with Gasteiger partial charge in [-0.2, -0.15) is 0 Å². The van der Waals surface area contributed by atoms with Gasteiger partial charge in [-0.3, -0.25) is 4.79 Å². The Morgan fingerprint density at radius 3 is 2.00 bits per heavy atom. The molecule has 3 rings (SSSR count). The van der Waals surface area contributed by atoms with Gasteiger partial charge in [-0.25, -0.2) is 0 Å². The predicted octanol–water partition coefficient (Wildman–Crippen LogP) is 4.06. The van der Waals surface area contributed by atoms with E-state index in [2.05, 4.69) is 31.2 Å². The molecule has 0 radical (unpaired) electrons. The molecule has 0 spiro atoms. The van der Waals surface area contributed by atoms with Crippen LogP contribution in [0.25, 0.3) is 0 Å². The van der Waals surface area contributed by atoms with E-state index in [1.54, 1.807) is 7.11 Å². The number of methoxy groups -OCH3 is 1. The van der Waals surface area contributed by atoms with Crippen LogP contribution in [0.3, 0.4) is 0 Å². The SMILES string of the molecule is COC1S[C@H](COCc2ccc(C)cc2)[C@@H](OCc2ccc(C)cc2)C1=O. The number of thioether (sulfide) groups is 1. The van der Waals surface area contributed by atoms with Gasteiger partial charge in [0, 0.05) is 7.11 Å². The summed E-state index contributed by atoms with van der Waals surface area (Å²) >= 11 is 1.48. The van der Waals surface area contributed by atoms with Crippen molar-refractivity contribution in [3.05, 3.63) is 70.8 Å². The van der Waals surface area contributed by atoms with Gasteiger partial charge in [0.1, 0.15) is 6.10 Å². The van der Waals surface area contributed by atoms with Gasteiger partial charge in [0.25, 0.3) is 0 Å². The van der Waals surface area contributed by atoms with Crippen LogP contribution in [0, 0.1) is 13.8 Å². The number of hydrogen-bond donors (Lipinski definition) is 0. The third-order valence-electron chi connectivity index (χ3n) is 4.58. The van der Waals surface area contributed by atoms with E-state index in [-0.39, 0.29) is 11.0 Å². The molecule has 1 fully saturated rings. The van der Waals surface area contributed by atoms with Crippen molar-refractivity contribution < 1.29 is 19.0 Å². The molecule has 1 unspecified atom stereocenters. The van der Waals surface area contributed by atoms with E-state index in [0.717, 1.165) is 11.1 Å². The maximum atomic E-state index is 12.6. The van der Waals surface area contributed by atoms with Crippen molar-refractivity contribution in [3.8, 4) is 0 Å². The van der Waals surface area contributed by atoms with Crippen LogP contribution < -0.4 is 0 Å². The van der Waals surface area contributed by atoms with Crippen molar-refractivity contribution in [1.29, 1.82) is 0 Å². The van der Waals surface area contributed by atoms with Crippen LogP contribution in [0.5, 0.6) is 0 Å². The minimum atomic E-state index is -0.515. The fourth-order valence-corrected chi connectivity index (χ4v) is 4.18. The van der Waals surface area contributed by atoms with Crippen LogP contribution in [0.2, 0.25) is 0 Å². The molecule has 27 heavy (non-hydrogen) atoms. The highest BCUT2D eigenvalue weighted by molar-refractivity contribution is 8.01. The predicted molar refractivity (Wildman–Crippen MR) is 108 cm³/mol. The number of rotatable bonds is 8. The first-order chi connectivity index (χ1) is 13.1. The second-order valence-electron chi connectivity index (χ2n) is 6.86. The van der Waals surface area contributed by atoms with Crippen molar-refractivity contribution in [2.75, 3.05) is 13.7 Å². The molecule has 0 N–H and O–H groups in total. The largest absolute Gasteiger partial charge is 0.376 e. The number of hydrogen-bond acceptors (Lipinski definition) is 5. The molecule has 2 aromatic rings. The Morgan fingerprint density at radius 2 is 1.44 bits per heavy atom. The molecular weight excluding hydrogens is 360 g/mol. The number of carbonyl (C=O) groups is 1. The molecule has 0 amide bonds. The average Bonchev–Trinajstić information content (AvgIpc) is 2.98. The van der Waals surface area contributed by atoms with E-state index in [1.807, 2.05) is 31.2 Å². The van der Waals surface area contributed by atoms with Crippen molar-refractivity contribution in [2.45, 2.75) is 43.9 Å². The molecular formula is C22H26O4S. The Labute approximate surface area is 165 Å². The molecule has 1 aliphatic heterocycles. The number of benzene rings is 2. The van der Waals surface area contributed by atoms with Crippen LogP contribution in [-0.4, -0.2) is 36.3 Å². The summed E-state index contributed by atoms with van der Waals surface area (Å²) < 4.78 is 17.2. The Hall–Kier alpha value is -1.66. The van der Waals surface area contributed by atoms with E-state index in [9.17, 15) is 4.79 Å². The van der Waals surface area contributed by atoms with Crippen molar-refractivity contribution in [2.24, 2.45) is 0 Å². The van der Waals surface area contributed by atoms with Crippen LogP contribution >= 0.6 is 11.8 Å². The number of carbonyl (C=O) groups excluding carboxylic acids is 1. The standard InChI is InChI=1S/C22H26O4S/c1-15-4-8-17(9-5-15)12-25-14-19-21(20(23)22(24-3)27-19)26-13-18-10-6-16(2)7-11-18/h4-11,19,21-22H,12-14H2,1-3H3/t19-,21-,22?/m1/s1. The van der Waals surface area contributed by atoms with Gasteiger partial charge in [0.05, 0.1) is 25.1 Å². The summed E-state index contributed by atoms with van der Waals surface area (Å²) in [6.45, 7) is 5.48. The monoisotopic (exact) mass is 386 g/mol. The second-order valence-corrected chi connectivity index (χ2v) is 8.17. The maximum Gasteiger partial charge on any atom is 0.201 e. The zero-order valence-electron chi connectivity index (χ0n) is 16.0. The summed E-state index contributed by atoms with van der Waals surface area (Å²) in [6.07, 6.45) is -0.515. The summed E-state index contributed by atoms with van der Waals surface area (Å²) in [5, 5.41) is -0.0710. The Morgan fingerprint density at radius 1 is 0.889 bits per heavy atom. The maximum absolute atomic E-state index is 12.6. The quantitative estimate of drug-likeness (QED) is 0.684. The summed E-state index contributed by atoms with van der Waals surface area (Å²) in [5.74, 6) is -0.0152. The Kier molecular flexibility index (Phi) is 7.07. The summed E-state index contributed by atoms with van der Waals surface area (Å²) in [7, 11) is 1.56. The smallest absolute Gasteiger partial charge is 0.201 e. The molecule has 0 aromatic heterocycles. The molecule has 1 saturated heterocycles. The lowest BCUT2D eigenvalue weighted by Crippen LogP contribution is -2.33. The first kappa shape index (κ1) is 20.1. The lowest BCUT2D eigenvalue weighted by molar-refractivity contribution is -0.135. The molecule has 1 heterocycles. The zero-order valence-corrected chi connectivity index (χ0v) is 16.8. The van der Waals surface area contributed by atoms with E-state index in [0.29, 0.717) is 19.8 Å². The second kappa shape index (κ2) is 9.51. The van der Waals surface area contributed by atoms with Crippen LogP contribution in [0.1, 0.15) is 22.3 Å². The zero-order chi connectivity index (χ0) is 19.2. The Balaban J connectivity index is 1.56. The van der Waals surface area contributed by atoms with Crippen molar-refractivity contribution in [1.82, 2.24) is 0 Å². The van der Waals surface area contributed by atoms with Crippen molar-refractivity contribution in [3.63, 3.8) is 0 Å². The van der Waals surface area contributed by atoms with Gasteiger partial charge in [0.2, 0.25) is 5.78 Å². The summed E-state index contributed by atoms with van der Waals surface area (Å²) in [5.41, 5.74) is 4.12. The first-order valence-electron chi connectivity index (χ1n) is 9.09. The molecule has 4 nitrogen and oxygen atoms in total. The highest BCUT2D eigenvalue weighted by Crippen LogP contribution is 2.34. The highest BCUT2D eigenvalue weighted by atomic mass is 32.2. The topological polar surface area (TPSA) is 44.8 Å². The molecule has 3 atom stereocenters. The molecule has 0 bridgehead atoms. The third-order valence-corrected chi connectivity index (χ3v) is 5.99. The lowest BCUT2D eigenvalue weighted by Gasteiger charge is -2.18. The average molecular weight is 387 g/mol. The van der Waals surface area contributed by atoms with Gasteiger partial charge in [-0.05, 0) is 25.0 Å². The molecule has 0 aliphatic carbocycles.